The zero-order valence-electron chi connectivity index (χ0n) is 35.6. The molecular weight excluding hydrogens is 831 g/mol. The molecule has 0 aliphatic carbocycles. The van der Waals surface area contributed by atoms with Crippen molar-refractivity contribution in [1.82, 2.24) is 0 Å². The van der Waals surface area contributed by atoms with Crippen molar-refractivity contribution in [3.63, 3.8) is 0 Å². The van der Waals surface area contributed by atoms with E-state index >= 15 is 0 Å². The second kappa shape index (κ2) is 14.6. The second-order valence-corrected chi connectivity index (χ2v) is 62.9. The summed E-state index contributed by atoms with van der Waals surface area (Å²) in [4.78, 5) is 0. The number of fused-ring (bicyclic) bond motifs is 2. The highest BCUT2D eigenvalue weighted by Crippen LogP contribution is 2.50. The molecule has 1 aliphatic heterocycles. The van der Waals surface area contributed by atoms with Crippen molar-refractivity contribution in [3.8, 4) is 0 Å². The van der Waals surface area contributed by atoms with Crippen LogP contribution in [0.3, 0.4) is 0 Å². The van der Waals surface area contributed by atoms with Crippen LogP contribution in [0.15, 0.2) is 60.7 Å². The lowest BCUT2D eigenvalue weighted by Crippen LogP contribution is -2.71. The summed E-state index contributed by atoms with van der Waals surface area (Å²) in [6, 6.07) is 23.2. The fourth-order valence-electron chi connectivity index (χ4n) is 11.6. The maximum absolute atomic E-state index is 8.98. The van der Waals surface area contributed by atoms with Gasteiger partial charge in [-0.15, -0.1) is 11.1 Å². The van der Waals surface area contributed by atoms with Crippen LogP contribution in [-0.2, 0) is 0 Å². The van der Waals surface area contributed by atoms with Gasteiger partial charge in [0.25, 0.3) is 0 Å². The monoisotopic (exact) mass is 896 g/mol. The lowest BCUT2D eigenvalue weighted by atomic mass is 9.91. The molecule has 1 heterocycles. The van der Waals surface area contributed by atoms with E-state index in [4.69, 9.17) is 45.9 Å². The first kappa shape index (κ1) is 45.0. The van der Waals surface area contributed by atoms with Crippen molar-refractivity contribution in [1.29, 1.82) is 0 Å². The van der Waals surface area contributed by atoms with Crippen LogP contribution in [0.4, 0.5) is 0 Å². The standard InChI is InChI=1S/C41H68Cl4Si7/c1-46(2,3)38(47(4,5)6)29-27-32(39(48(7,8)9)49(10,11)12)37(33(28-29)40(50(13,14)15)51(16,17)18)52(45)34-25-21-19-23-30(34)36(41(42,43)44)31-24-20-22-26-35(31)52/h19-28,36,38-40H,1-18H3. The Labute approximate surface area is 346 Å². The quantitative estimate of drug-likeness (QED) is 0.108. The molecule has 0 unspecified atom stereocenters. The van der Waals surface area contributed by atoms with Gasteiger partial charge >= 0.3 is 0 Å². The summed E-state index contributed by atoms with van der Waals surface area (Å²) in [5.41, 5.74) is 7.00. The molecule has 0 amide bonds. The van der Waals surface area contributed by atoms with Crippen molar-refractivity contribution in [2.75, 3.05) is 0 Å². The predicted octanol–water partition coefficient (Wildman–Crippen LogP) is 13.2. The molecule has 11 heteroatoms. The summed E-state index contributed by atoms with van der Waals surface area (Å²) in [5, 5.41) is 5.61. The predicted molar refractivity (Wildman–Crippen MR) is 260 cm³/mol. The van der Waals surface area contributed by atoms with Gasteiger partial charge in [0.1, 0.15) is 0 Å². The molecule has 288 valence electrons. The molecule has 0 nitrogen and oxygen atoms in total. The van der Waals surface area contributed by atoms with Crippen LogP contribution >= 0.6 is 45.9 Å². The van der Waals surface area contributed by atoms with E-state index < -0.39 is 65.5 Å². The number of hydrogen-bond acceptors (Lipinski definition) is 0. The van der Waals surface area contributed by atoms with Gasteiger partial charge in [-0.25, -0.2) is 0 Å². The molecule has 52 heavy (non-hydrogen) atoms. The first-order chi connectivity index (χ1) is 23.2. The fourth-order valence-corrected chi connectivity index (χ4v) is 56.6. The van der Waals surface area contributed by atoms with Crippen molar-refractivity contribution < 1.29 is 0 Å². The molecule has 0 N–H and O–H groups in total. The van der Waals surface area contributed by atoms with Crippen LogP contribution < -0.4 is 15.6 Å². The maximum Gasteiger partial charge on any atom is 0.249 e. The first-order valence-corrected chi connectivity index (χ1v) is 44.9. The largest absolute Gasteiger partial charge is 0.249 e. The fraction of sp³-hybridized carbons (Fsp3) is 0.561. The van der Waals surface area contributed by atoms with E-state index in [1.807, 2.05) is 0 Å². The Morgan fingerprint density at radius 2 is 0.769 bits per heavy atom. The number of alkyl halides is 3. The molecular formula is C41H68Cl4Si7. The molecule has 1 aliphatic rings. The van der Waals surface area contributed by atoms with Gasteiger partial charge in [-0.05, 0) is 58.9 Å². The Hall–Kier alpha value is 0.338. The van der Waals surface area contributed by atoms with Crippen LogP contribution in [0.5, 0.6) is 0 Å². The molecule has 0 fully saturated rings. The van der Waals surface area contributed by atoms with Gasteiger partial charge in [0.2, 0.25) is 11.2 Å². The van der Waals surface area contributed by atoms with Gasteiger partial charge in [0, 0.05) is 48.4 Å². The van der Waals surface area contributed by atoms with Crippen LogP contribution in [-0.4, -0.2) is 59.6 Å². The Kier molecular flexibility index (Phi) is 12.7. The van der Waals surface area contributed by atoms with Crippen molar-refractivity contribution in [3.05, 3.63) is 88.5 Å². The first-order valence-electron chi connectivity index (χ1n) is 19.3. The highest BCUT2D eigenvalue weighted by Gasteiger charge is 2.56. The number of halogens is 4. The zero-order chi connectivity index (χ0) is 40.0. The molecule has 3 aromatic carbocycles. The Bertz CT molecular complexity index is 1630. The number of benzene rings is 3. The van der Waals surface area contributed by atoms with E-state index in [0.717, 1.165) is 11.1 Å². The molecule has 0 aromatic heterocycles. The summed E-state index contributed by atoms with van der Waals surface area (Å²) in [6.45, 7) is 47.2. The van der Waals surface area contributed by atoms with Gasteiger partial charge < -0.3 is 0 Å². The summed E-state index contributed by atoms with van der Waals surface area (Å²) in [5.74, 6) is -0.395. The van der Waals surface area contributed by atoms with Crippen LogP contribution in [0.1, 0.15) is 49.2 Å². The lowest BCUT2D eigenvalue weighted by molar-refractivity contribution is 0.845. The summed E-state index contributed by atoms with van der Waals surface area (Å²) < 4.78 is -1.52. The van der Waals surface area contributed by atoms with Crippen LogP contribution in [0.2, 0.25) is 118 Å². The summed E-state index contributed by atoms with van der Waals surface area (Å²) >= 11 is 29.9. The van der Waals surface area contributed by atoms with Crippen LogP contribution in [0.25, 0.3) is 0 Å². The second-order valence-electron chi connectivity index (χ2n) is 22.4. The minimum absolute atomic E-state index is 0.395. The van der Waals surface area contributed by atoms with E-state index in [1.54, 1.807) is 16.7 Å². The average Bonchev–Trinajstić information content (AvgIpc) is 2.87. The summed E-state index contributed by atoms with van der Waals surface area (Å²) in [6.07, 6.45) is 0. The van der Waals surface area contributed by atoms with Crippen LogP contribution in [0, 0.1) is 0 Å². The maximum atomic E-state index is 8.98. The van der Waals surface area contributed by atoms with Gasteiger partial charge in [0.15, 0.2) is 0 Å². The zero-order valence-corrected chi connectivity index (χ0v) is 45.6. The third-order valence-corrected chi connectivity index (χ3v) is 45.3. The van der Waals surface area contributed by atoms with Gasteiger partial charge in [-0.1, -0.05) is 213 Å². The molecule has 0 bridgehead atoms. The van der Waals surface area contributed by atoms with E-state index in [9.17, 15) is 0 Å². The minimum atomic E-state index is -3.25. The van der Waals surface area contributed by atoms with Crippen molar-refractivity contribution >= 4 is 117 Å². The molecule has 0 atom stereocenters. The molecule has 0 radical (unpaired) electrons. The Morgan fingerprint density at radius 1 is 0.481 bits per heavy atom. The molecule has 3 aromatic rings. The van der Waals surface area contributed by atoms with E-state index in [-0.39, 0.29) is 0 Å². The lowest BCUT2D eigenvalue weighted by Gasteiger charge is -2.49. The molecule has 0 spiro atoms. The highest BCUT2D eigenvalue weighted by atomic mass is 35.6. The van der Waals surface area contributed by atoms with Crippen molar-refractivity contribution in [2.45, 2.75) is 143 Å². The summed E-state index contributed by atoms with van der Waals surface area (Å²) in [7, 11) is -13.8. The Balaban J connectivity index is 2.47. The average molecular weight is 899 g/mol. The number of rotatable bonds is 10. The normalized spacial score (nSPS) is 19.4. The molecule has 4 rings (SSSR count). The van der Waals surface area contributed by atoms with Gasteiger partial charge in [-0.2, -0.15) is 0 Å². The Morgan fingerprint density at radius 3 is 1.04 bits per heavy atom. The highest BCUT2D eigenvalue weighted by molar-refractivity contribution is 7.41. The topological polar surface area (TPSA) is 0 Å². The molecule has 0 saturated heterocycles. The van der Waals surface area contributed by atoms with E-state index in [2.05, 4.69) is 179 Å². The minimum Gasteiger partial charge on any atom is -0.149 e. The third-order valence-electron chi connectivity index (χ3n) is 11.3. The van der Waals surface area contributed by atoms with E-state index in [0.29, 0.717) is 15.5 Å². The SMILES string of the molecule is C[Si](C)(C)C(c1cc(C([Si](C)(C)C)[Si](C)(C)C)c([Si]2(Cl)c3ccccc3C(C(Cl)(Cl)Cl)c3ccccc32)c(C([Si](C)(C)C)[Si](C)(C)C)c1)[Si](C)(C)C. The van der Waals surface area contributed by atoms with Gasteiger partial charge in [-0.3, -0.25) is 0 Å². The van der Waals surface area contributed by atoms with Gasteiger partial charge in [0.05, 0.1) is 5.92 Å². The molecule has 0 saturated carbocycles. The van der Waals surface area contributed by atoms with E-state index in [1.165, 1.54) is 15.6 Å². The third kappa shape index (κ3) is 8.75. The smallest absolute Gasteiger partial charge is 0.149 e. The number of hydrogen-bond donors (Lipinski definition) is 0. The van der Waals surface area contributed by atoms with Crippen molar-refractivity contribution in [2.24, 2.45) is 0 Å².